The minimum Gasteiger partial charge on any atom is -0.486 e. The van der Waals surface area contributed by atoms with Gasteiger partial charge in [0, 0.05) is 24.4 Å². The molecule has 1 amide bonds. The molecule has 0 bridgehead atoms. The van der Waals surface area contributed by atoms with E-state index in [0.717, 1.165) is 0 Å². The van der Waals surface area contributed by atoms with Crippen molar-refractivity contribution in [1.82, 2.24) is 0 Å². The molecule has 0 saturated carbocycles. The molecule has 0 radical (unpaired) electrons. The van der Waals surface area contributed by atoms with Gasteiger partial charge in [0.15, 0.2) is 11.5 Å². The minimum atomic E-state index is -3.68. The van der Waals surface area contributed by atoms with E-state index in [1.165, 1.54) is 11.4 Å². The number of fused-ring (bicyclic) bond motifs is 1. The van der Waals surface area contributed by atoms with Gasteiger partial charge in [-0.1, -0.05) is 18.2 Å². The lowest BCUT2D eigenvalue weighted by atomic mass is 10.2. The first-order chi connectivity index (χ1) is 14.4. The van der Waals surface area contributed by atoms with Crippen LogP contribution in [0.25, 0.3) is 0 Å². The maximum atomic E-state index is 12.7. The molecular weight excluding hydrogens is 404 g/mol. The van der Waals surface area contributed by atoms with Gasteiger partial charge in [-0.2, -0.15) is 0 Å². The molecule has 1 aliphatic rings. The third kappa shape index (κ3) is 3.95. The molecule has 0 atom stereocenters. The number of amides is 1. The zero-order valence-electron chi connectivity index (χ0n) is 16.2. The second-order valence-corrected chi connectivity index (χ2v) is 8.61. The number of carbonyl (C=O) groups is 1. The Hall–Kier alpha value is -3.52. The summed E-state index contributed by atoms with van der Waals surface area (Å²) >= 11 is 0. The van der Waals surface area contributed by atoms with Gasteiger partial charge in [0.2, 0.25) is 0 Å². The van der Waals surface area contributed by atoms with E-state index >= 15 is 0 Å². The highest BCUT2D eigenvalue weighted by Crippen LogP contribution is 2.32. The van der Waals surface area contributed by atoms with E-state index in [1.807, 2.05) is 0 Å². The van der Waals surface area contributed by atoms with Gasteiger partial charge in [-0.05, 0) is 48.5 Å². The number of rotatable bonds is 5. The van der Waals surface area contributed by atoms with Gasteiger partial charge in [-0.15, -0.1) is 0 Å². The first kappa shape index (κ1) is 19.8. The topological polar surface area (TPSA) is 84.9 Å². The van der Waals surface area contributed by atoms with E-state index in [9.17, 15) is 13.2 Å². The Morgan fingerprint density at radius 3 is 2.27 bits per heavy atom. The quantitative estimate of drug-likeness (QED) is 0.677. The molecule has 4 rings (SSSR count). The number of nitrogens with zero attached hydrogens (tertiary/aromatic N) is 1. The zero-order valence-corrected chi connectivity index (χ0v) is 17.1. The summed E-state index contributed by atoms with van der Waals surface area (Å²) in [6.07, 6.45) is 0. The number of anilines is 2. The first-order valence-electron chi connectivity index (χ1n) is 9.30. The van der Waals surface area contributed by atoms with Crippen molar-refractivity contribution >= 4 is 27.3 Å². The van der Waals surface area contributed by atoms with Gasteiger partial charge in [-0.3, -0.25) is 9.10 Å². The Morgan fingerprint density at radius 2 is 1.57 bits per heavy atom. The fourth-order valence-electron chi connectivity index (χ4n) is 3.04. The molecule has 0 spiro atoms. The van der Waals surface area contributed by atoms with Gasteiger partial charge in [-0.25, -0.2) is 8.42 Å². The summed E-state index contributed by atoms with van der Waals surface area (Å²) in [7, 11) is -2.20. The molecule has 0 aliphatic carbocycles. The Labute approximate surface area is 174 Å². The van der Waals surface area contributed by atoms with Crippen LogP contribution in [0, 0.1) is 0 Å². The van der Waals surface area contributed by atoms with Crippen LogP contribution in [-0.4, -0.2) is 34.6 Å². The van der Waals surface area contributed by atoms with Gasteiger partial charge in [0.25, 0.3) is 15.9 Å². The summed E-state index contributed by atoms with van der Waals surface area (Å²) in [6.45, 7) is 0.963. The van der Waals surface area contributed by atoms with Crippen LogP contribution in [0.1, 0.15) is 10.4 Å². The van der Waals surface area contributed by atoms with Crippen molar-refractivity contribution in [2.45, 2.75) is 4.90 Å². The normalized spacial score (nSPS) is 12.8. The van der Waals surface area contributed by atoms with Crippen LogP contribution in [0.3, 0.4) is 0 Å². The lowest BCUT2D eigenvalue weighted by Gasteiger charge is -2.20. The number of nitrogens with one attached hydrogen (secondary N) is 1. The van der Waals surface area contributed by atoms with Crippen molar-refractivity contribution in [3.63, 3.8) is 0 Å². The Balaban J connectivity index is 1.48. The maximum Gasteiger partial charge on any atom is 0.264 e. The molecule has 7 nitrogen and oxygen atoms in total. The monoisotopic (exact) mass is 424 g/mol. The lowest BCUT2D eigenvalue weighted by molar-refractivity contribution is 0.102. The van der Waals surface area contributed by atoms with Crippen molar-refractivity contribution in [1.29, 1.82) is 0 Å². The number of ether oxygens (including phenoxy) is 2. The van der Waals surface area contributed by atoms with E-state index in [4.69, 9.17) is 9.47 Å². The molecule has 0 unspecified atom stereocenters. The second-order valence-electron chi connectivity index (χ2n) is 6.65. The summed E-state index contributed by atoms with van der Waals surface area (Å²) in [5, 5.41) is 2.81. The molecular formula is C22H20N2O5S. The molecule has 8 heteroatoms. The summed E-state index contributed by atoms with van der Waals surface area (Å²) < 4.78 is 37.6. The van der Waals surface area contributed by atoms with E-state index in [1.54, 1.807) is 72.8 Å². The molecule has 0 saturated heterocycles. The molecule has 30 heavy (non-hydrogen) atoms. The third-order valence-corrected chi connectivity index (χ3v) is 6.49. The number of benzene rings is 3. The molecule has 0 aromatic heterocycles. The van der Waals surface area contributed by atoms with Crippen LogP contribution in [0.5, 0.6) is 11.5 Å². The molecule has 154 valence electrons. The van der Waals surface area contributed by atoms with Crippen LogP contribution in [0.15, 0.2) is 77.7 Å². The Morgan fingerprint density at radius 1 is 0.900 bits per heavy atom. The summed E-state index contributed by atoms with van der Waals surface area (Å²) in [6, 6.07) is 19.7. The number of hydrogen-bond donors (Lipinski definition) is 1. The SMILES string of the molecule is CN(c1ccc(C(=O)Nc2ccc3c(c2)OCCO3)cc1)S(=O)(=O)c1ccccc1. The van der Waals surface area contributed by atoms with Crippen LogP contribution in [-0.2, 0) is 10.0 Å². The molecule has 1 N–H and O–H groups in total. The third-order valence-electron chi connectivity index (χ3n) is 4.69. The zero-order chi connectivity index (χ0) is 21.1. The smallest absolute Gasteiger partial charge is 0.264 e. The van der Waals surface area contributed by atoms with Crippen LogP contribution in [0.4, 0.5) is 11.4 Å². The van der Waals surface area contributed by atoms with Gasteiger partial charge >= 0.3 is 0 Å². The molecule has 1 heterocycles. The maximum absolute atomic E-state index is 12.7. The molecule has 0 fully saturated rings. The van der Waals surface area contributed by atoms with E-state index in [2.05, 4.69) is 5.32 Å². The average molecular weight is 424 g/mol. The van der Waals surface area contributed by atoms with Crippen LogP contribution in [0.2, 0.25) is 0 Å². The predicted molar refractivity (Wildman–Crippen MR) is 114 cm³/mol. The van der Waals surface area contributed by atoms with Crippen LogP contribution < -0.4 is 19.1 Å². The highest BCUT2D eigenvalue weighted by atomic mass is 32.2. The highest BCUT2D eigenvalue weighted by molar-refractivity contribution is 7.92. The van der Waals surface area contributed by atoms with Crippen molar-refractivity contribution in [2.24, 2.45) is 0 Å². The molecule has 1 aliphatic heterocycles. The van der Waals surface area contributed by atoms with E-state index < -0.39 is 10.0 Å². The molecule has 3 aromatic rings. The number of carbonyl (C=O) groups excluding carboxylic acids is 1. The standard InChI is InChI=1S/C22H20N2O5S/c1-24(30(26,27)19-5-3-2-4-6-19)18-10-7-16(8-11-18)22(25)23-17-9-12-20-21(15-17)29-14-13-28-20/h2-12,15H,13-14H2,1H3,(H,23,25). The Kier molecular flexibility index (Phi) is 5.33. The first-order valence-corrected chi connectivity index (χ1v) is 10.7. The second kappa shape index (κ2) is 8.08. The van der Waals surface area contributed by atoms with Crippen LogP contribution >= 0.6 is 0 Å². The van der Waals surface area contributed by atoms with Crippen molar-refractivity contribution in [3.8, 4) is 11.5 Å². The summed E-state index contributed by atoms with van der Waals surface area (Å²) in [4.78, 5) is 12.8. The van der Waals surface area contributed by atoms with Gasteiger partial charge < -0.3 is 14.8 Å². The van der Waals surface area contributed by atoms with E-state index in [-0.39, 0.29) is 10.8 Å². The summed E-state index contributed by atoms with van der Waals surface area (Å²) in [5.41, 5.74) is 1.44. The van der Waals surface area contributed by atoms with Crippen molar-refractivity contribution in [3.05, 3.63) is 78.4 Å². The average Bonchev–Trinajstić information content (AvgIpc) is 2.79. The largest absolute Gasteiger partial charge is 0.486 e. The highest BCUT2D eigenvalue weighted by Gasteiger charge is 2.21. The summed E-state index contributed by atoms with van der Waals surface area (Å²) in [5.74, 6) is 0.917. The van der Waals surface area contributed by atoms with E-state index in [0.29, 0.717) is 41.7 Å². The van der Waals surface area contributed by atoms with Crippen molar-refractivity contribution < 1.29 is 22.7 Å². The van der Waals surface area contributed by atoms with Gasteiger partial charge in [0.1, 0.15) is 13.2 Å². The molecule has 3 aromatic carbocycles. The fraction of sp³-hybridized carbons (Fsp3) is 0.136. The predicted octanol–water partition coefficient (Wildman–Crippen LogP) is 3.54. The Bertz CT molecular complexity index is 1160. The number of sulfonamides is 1. The minimum absolute atomic E-state index is 0.202. The lowest BCUT2D eigenvalue weighted by Crippen LogP contribution is -2.26. The van der Waals surface area contributed by atoms with Gasteiger partial charge in [0.05, 0.1) is 10.6 Å². The number of hydrogen-bond acceptors (Lipinski definition) is 5. The van der Waals surface area contributed by atoms with Crippen molar-refractivity contribution in [2.75, 3.05) is 29.9 Å². The fourth-order valence-corrected chi connectivity index (χ4v) is 4.25.